The monoisotopic (exact) mass is 535 g/mol. The van der Waals surface area contributed by atoms with Gasteiger partial charge in [0.15, 0.2) is 0 Å². The van der Waals surface area contributed by atoms with Crippen LogP contribution in [0.25, 0.3) is 0 Å². The molecule has 0 radical (unpaired) electrons. The van der Waals surface area contributed by atoms with Crippen LogP contribution in [0.4, 0.5) is 0 Å². The predicted octanol–water partition coefficient (Wildman–Crippen LogP) is 11.5. The van der Waals surface area contributed by atoms with Gasteiger partial charge >= 0.3 is 0 Å². The second-order valence-corrected chi connectivity index (χ2v) is 13.4. The summed E-state index contributed by atoms with van der Waals surface area (Å²) in [6.45, 7) is 6.44. The minimum atomic E-state index is 0.662. The van der Waals surface area contributed by atoms with Crippen LogP contribution in [0, 0.1) is 17.3 Å². The lowest BCUT2D eigenvalue weighted by Gasteiger charge is -2.48. The summed E-state index contributed by atoms with van der Waals surface area (Å²) in [5.74, 6) is 2.02. The third kappa shape index (κ3) is 17.6. The van der Waals surface area contributed by atoms with E-state index >= 15 is 0 Å². The Hall–Kier alpha value is -0.0800. The highest BCUT2D eigenvalue weighted by atomic mass is 14.5. The van der Waals surface area contributed by atoms with Crippen molar-refractivity contribution in [1.82, 2.24) is 0 Å². The van der Waals surface area contributed by atoms with Crippen LogP contribution in [-0.2, 0) is 0 Å². The molecule has 2 nitrogen and oxygen atoms in total. The Bertz CT molecular complexity index is 476. The Morgan fingerprint density at radius 3 is 1.42 bits per heavy atom. The van der Waals surface area contributed by atoms with Gasteiger partial charge in [0.05, 0.1) is 0 Å². The smallest absolute Gasteiger partial charge is 0.00773 e. The van der Waals surface area contributed by atoms with Gasteiger partial charge in [-0.15, -0.1) is 0 Å². The molecule has 0 aromatic rings. The van der Waals surface area contributed by atoms with Crippen LogP contribution in [0.1, 0.15) is 200 Å². The molecule has 228 valence electrons. The van der Waals surface area contributed by atoms with Crippen molar-refractivity contribution in [1.29, 1.82) is 0 Å². The summed E-state index contributed by atoms with van der Waals surface area (Å²) < 4.78 is 0. The Morgan fingerprint density at radius 1 is 0.474 bits per heavy atom. The van der Waals surface area contributed by atoms with Gasteiger partial charge in [0.1, 0.15) is 0 Å². The predicted molar refractivity (Wildman–Crippen MR) is 173 cm³/mol. The van der Waals surface area contributed by atoms with E-state index in [1.165, 1.54) is 173 Å². The standard InChI is InChI=1S/C36H74N2/c1-3-5-7-9-15-21-29-36(30-22-16-11-13-18-24-32-38)33-34(25-19-8-6-4-2)27-28-35(36)26-20-14-10-12-17-23-31-37/h34-35H,3-33,37-38H2,1-2H3. The minimum absolute atomic E-state index is 0.662. The first-order chi connectivity index (χ1) is 18.7. The molecule has 1 rings (SSSR count). The molecule has 3 atom stereocenters. The summed E-state index contributed by atoms with van der Waals surface area (Å²) >= 11 is 0. The first-order valence-corrected chi connectivity index (χ1v) is 18.1. The van der Waals surface area contributed by atoms with Gasteiger partial charge in [-0.2, -0.15) is 0 Å². The van der Waals surface area contributed by atoms with Crippen molar-refractivity contribution >= 4 is 0 Å². The quantitative estimate of drug-likeness (QED) is 0.0980. The van der Waals surface area contributed by atoms with Gasteiger partial charge in [-0.05, 0) is 75.3 Å². The van der Waals surface area contributed by atoms with E-state index in [9.17, 15) is 0 Å². The van der Waals surface area contributed by atoms with Crippen molar-refractivity contribution < 1.29 is 0 Å². The van der Waals surface area contributed by atoms with Gasteiger partial charge in [0.2, 0.25) is 0 Å². The van der Waals surface area contributed by atoms with Crippen LogP contribution >= 0.6 is 0 Å². The van der Waals surface area contributed by atoms with Gasteiger partial charge in [-0.1, -0.05) is 155 Å². The first kappa shape index (κ1) is 35.9. The molecule has 0 heterocycles. The third-order valence-corrected chi connectivity index (χ3v) is 10.1. The number of unbranched alkanes of at least 4 members (excludes halogenated alkanes) is 18. The molecular weight excluding hydrogens is 460 g/mol. The van der Waals surface area contributed by atoms with E-state index in [-0.39, 0.29) is 0 Å². The molecule has 0 aromatic carbocycles. The summed E-state index contributed by atoms with van der Waals surface area (Å²) in [6, 6.07) is 0. The molecule has 0 aromatic heterocycles. The van der Waals surface area contributed by atoms with Crippen LogP contribution in [0.15, 0.2) is 0 Å². The van der Waals surface area contributed by atoms with Crippen molar-refractivity contribution in [2.45, 2.75) is 200 Å². The highest BCUT2D eigenvalue weighted by Crippen LogP contribution is 2.53. The highest BCUT2D eigenvalue weighted by molar-refractivity contribution is 4.93. The van der Waals surface area contributed by atoms with Crippen molar-refractivity contribution in [3.8, 4) is 0 Å². The maximum absolute atomic E-state index is 5.72. The molecule has 2 heteroatoms. The van der Waals surface area contributed by atoms with Gasteiger partial charge < -0.3 is 11.5 Å². The van der Waals surface area contributed by atoms with Gasteiger partial charge in [0, 0.05) is 0 Å². The summed E-state index contributed by atoms with van der Waals surface area (Å²) in [5.41, 5.74) is 12.1. The topological polar surface area (TPSA) is 52.0 Å². The number of hydrogen-bond donors (Lipinski definition) is 2. The van der Waals surface area contributed by atoms with Gasteiger partial charge in [0.25, 0.3) is 0 Å². The second kappa shape index (κ2) is 25.9. The molecule has 0 saturated heterocycles. The molecule has 4 N–H and O–H groups in total. The average molecular weight is 535 g/mol. The zero-order chi connectivity index (χ0) is 27.6. The molecule has 1 aliphatic carbocycles. The fourth-order valence-electron chi connectivity index (χ4n) is 7.71. The molecule has 1 saturated carbocycles. The van der Waals surface area contributed by atoms with Crippen LogP contribution in [-0.4, -0.2) is 13.1 Å². The van der Waals surface area contributed by atoms with E-state index < -0.39 is 0 Å². The molecular formula is C36H74N2. The lowest BCUT2D eigenvalue weighted by molar-refractivity contribution is 0.0234. The van der Waals surface area contributed by atoms with Crippen LogP contribution in [0.5, 0.6) is 0 Å². The molecule has 38 heavy (non-hydrogen) atoms. The van der Waals surface area contributed by atoms with E-state index in [0.29, 0.717) is 5.41 Å². The van der Waals surface area contributed by atoms with Crippen molar-refractivity contribution in [2.24, 2.45) is 28.7 Å². The van der Waals surface area contributed by atoms with Crippen LogP contribution < -0.4 is 11.5 Å². The van der Waals surface area contributed by atoms with Crippen LogP contribution in [0.3, 0.4) is 0 Å². The van der Waals surface area contributed by atoms with E-state index in [2.05, 4.69) is 13.8 Å². The lowest BCUT2D eigenvalue weighted by atomic mass is 9.57. The fraction of sp³-hybridized carbons (Fsp3) is 1.00. The van der Waals surface area contributed by atoms with Crippen molar-refractivity contribution in [2.75, 3.05) is 13.1 Å². The SMILES string of the molecule is CCCCCCCCC1(CCCCCCCCN)CC(CCCCCC)CCC1CCCCCCCCN. The normalized spacial score (nSPS) is 21.8. The fourth-order valence-corrected chi connectivity index (χ4v) is 7.71. The molecule has 1 aliphatic rings. The van der Waals surface area contributed by atoms with E-state index in [1.54, 1.807) is 12.8 Å². The highest BCUT2D eigenvalue weighted by Gasteiger charge is 2.42. The molecule has 0 aliphatic heterocycles. The minimum Gasteiger partial charge on any atom is -0.330 e. The summed E-state index contributed by atoms with van der Waals surface area (Å²) in [4.78, 5) is 0. The molecule has 1 fully saturated rings. The maximum atomic E-state index is 5.72. The van der Waals surface area contributed by atoms with E-state index in [1.807, 2.05) is 0 Å². The Kier molecular flexibility index (Phi) is 24.5. The van der Waals surface area contributed by atoms with Crippen LogP contribution in [0.2, 0.25) is 0 Å². The Labute approximate surface area is 241 Å². The number of hydrogen-bond acceptors (Lipinski definition) is 2. The van der Waals surface area contributed by atoms with Gasteiger partial charge in [-0.25, -0.2) is 0 Å². The Morgan fingerprint density at radius 2 is 0.895 bits per heavy atom. The van der Waals surface area contributed by atoms with Crippen molar-refractivity contribution in [3.63, 3.8) is 0 Å². The first-order valence-electron chi connectivity index (χ1n) is 18.1. The molecule has 3 unspecified atom stereocenters. The zero-order valence-corrected chi connectivity index (χ0v) is 26.7. The number of rotatable bonds is 28. The van der Waals surface area contributed by atoms with E-state index in [4.69, 9.17) is 11.5 Å². The summed E-state index contributed by atoms with van der Waals surface area (Å²) in [7, 11) is 0. The summed E-state index contributed by atoms with van der Waals surface area (Å²) in [6.07, 6.45) is 41.9. The van der Waals surface area contributed by atoms with Crippen molar-refractivity contribution in [3.05, 3.63) is 0 Å². The average Bonchev–Trinajstić information content (AvgIpc) is 2.93. The molecule has 0 bridgehead atoms. The Balaban J connectivity index is 2.75. The largest absolute Gasteiger partial charge is 0.330 e. The zero-order valence-electron chi connectivity index (χ0n) is 26.7. The lowest BCUT2D eigenvalue weighted by Crippen LogP contribution is -2.37. The summed E-state index contributed by atoms with van der Waals surface area (Å²) in [5, 5.41) is 0. The maximum Gasteiger partial charge on any atom is -0.00773 e. The van der Waals surface area contributed by atoms with E-state index in [0.717, 1.165) is 24.9 Å². The molecule has 0 amide bonds. The molecule has 0 spiro atoms. The number of nitrogens with two attached hydrogens (primary N) is 2. The second-order valence-electron chi connectivity index (χ2n) is 13.4. The third-order valence-electron chi connectivity index (χ3n) is 10.1. The van der Waals surface area contributed by atoms with Gasteiger partial charge in [-0.3, -0.25) is 0 Å².